The van der Waals surface area contributed by atoms with E-state index in [1.807, 2.05) is 37.3 Å². The van der Waals surface area contributed by atoms with Crippen molar-refractivity contribution in [3.63, 3.8) is 0 Å². The van der Waals surface area contributed by atoms with Crippen molar-refractivity contribution >= 4 is 17.4 Å². The molecule has 0 saturated heterocycles. The number of aromatic amines is 1. The molecule has 3 aromatic rings. The minimum atomic E-state index is -0.308. The van der Waals surface area contributed by atoms with E-state index in [-0.39, 0.29) is 6.03 Å². The van der Waals surface area contributed by atoms with Gasteiger partial charge in [-0.3, -0.25) is 5.10 Å². The third-order valence-corrected chi connectivity index (χ3v) is 4.03. The zero-order valence-corrected chi connectivity index (χ0v) is 13.2. The SMILES string of the molecule is Cc1noc(C2CC2)c1NC(=O)Nc1ccc(-c2ccn[nH]2)cc1. The number of nitrogens with zero attached hydrogens (tertiary/aromatic N) is 2. The van der Waals surface area contributed by atoms with Gasteiger partial charge in [0.25, 0.3) is 0 Å². The van der Waals surface area contributed by atoms with E-state index in [4.69, 9.17) is 4.52 Å². The third kappa shape index (κ3) is 2.88. The molecular formula is C17H17N5O2. The first-order chi connectivity index (χ1) is 11.7. The van der Waals surface area contributed by atoms with E-state index in [0.717, 1.165) is 29.9 Å². The smallest absolute Gasteiger partial charge is 0.323 e. The van der Waals surface area contributed by atoms with Gasteiger partial charge >= 0.3 is 6.03 Å². The predicted octanol–water partition coefficient (Wildman–Crippen LogP) is 3.89. The summed E-state index contributed by atoms with van der Waals surface area (Å²) in [5.41, 5.74) is 4.02. The summed E-state index contributed by atoms with van der Waals surface area (Å²) in [7, 11) is 0. The molecule has 1 aromatic carbocycles. The maximum absolute atomic E-state index is 12.2. The van der Waals surface area contributed by atoms with Crippen molar-refractivity contribution in [2.24, 2.45) is 0 Å². The van der Waals surface area contributed by atoms with Gasteiger partial charge in [-0.25, -0.2) is 4.79 Å². The van der Waals surface area contributed by atoms with Crippen LogP contribution < -0.4 is 10.6 Å². The Labute approximate surface area is 138 Å². The first-order valence-corrected chi connectivity index (χ1v) is 7.84. The molecule has 1 saturated carbocycles. The van der Waals surface area contributed by atoms with Crippen molar-refractivity contribution in [2.45, 2.75) is 25.7 Å². The molecule has 2 aromatic heterocycles. The number of carbonyl (C=O) groups excluding carboxylic acids is 1. The number of H-pyrrole nitrogens is 1. The molecule has 2 amide bonds. The second-order valence-corrected chi connectivity index (χ2v) is 5.91. The number of aryl methyl sites for hydroxylation is 1. The van der Waals surface area contributed by atoms with Crippen LogP contribution in [0.3, 0.4) is 0 Å². The predicted molar refractivity (Wildman–Crippen MR) is 89.9 cm³/mol. The lowest BCUT2D eigenvalue weighted by Gasteiger charge is -2.08. The minimum absolute atomic E-state index is 0.308. The molecule has 1 aliphatic carbocycles. The molecule has 7 heteroatoms. The van der Waals surface area contributed by atoms with Crippen molar-refractivity contribution < 1.29 is 9.32 Å². The van der Waals surface area contributed by atoms with Gasteiger partial charge in [-0.2, -0.15) is 5.10 Å². The lowest BCUT2D eigenvalue weighted by atomic mass is 10.1. The van der Waals surface area contributed by atoms with Crippen LogP contribution in [0.4, 0.5) is 16.2 Å². The number of nitrogens with one attached hydrogen (secondary N) is 3. The summed E-state index contributed by atoms with van der Waals surface area (Å²) < 4.78 is 5.33. The van der Waals surface area contributed by atoms with Gasteiger partial charge in [0, 0.05) is 17.8 Å². The van der Waals surface area contributed by atoms with Crippen LogP contribution >= 0.6 is 0 Å². The molecule has 7 nitrogen and oxygen atoms in total. The van der Waals surface area contributed by atoms with Crippen molar-refractivity contribution in [1.29, 1.82) is 0 Å². The number of urea groups is 1. The first kappa shape index (κ1) is 14.5. The van der Waals surface area contributed by atoms with Gasteiger partial charge < -0.3 is 15.2 Å². The largest absolute Gasteiger partial charge is 0.359 e. The molecule has 0 aliphatic heterocycles. The van der Waals surface area contributed by atoms with E-state index in [1.54, 1.807) is 6.20 Å². The molecule has 0 unspecified atom stereocenters. The first-order valence-electron chi connectivity index (χ1n) is 7.84. The molecule has 1 aliphatic rings. The average molecular weight is 323 g/mol. The van der Waals surface area contributed by atoms with Crippen molar-refractivity contribution in [2.75, 3.05) is 10.6 Å². The normalized spacial score (nSPS) is 13.7. The van der Waals surface area contributed by atoms with Gasteiger partial charge in [0.15, 0.2) is 5.76 Å². The second-order valence-electron chi connectivity index (χ2n) is 5.91. The summed E-state index contributed by atoms with van der Waals surface area (Å²) >= 11 is 0. The molecule has 2 heterocycles. The highest BCUT2D eigenvalue weighted by Crippen LogP contribution is 2.44. The fourth-order valence-corrected chi connectivity index (χ4v) is 2.59. The summed E-state index contributed by atoms with van der Waals surface area (Å²) in [4.78, 5) is 12.2. The Kier molecular flexibility index (Phi) is 3.53. The second kappa shape index (κ2) is 5.84. The van der Waals surface area contributed by atoms with E-state index >= 15 is 0 Å². The van der Waals surface area contributed by atoms with Gasteiger partial charge in [-0.1, -0.05) is 17.3 Å². The number of rotatable bonds is 4. The monoisotopic (exact) mass is 323 g/mol. The Hall–Kier alpha value is -3.09. The van der Waals surface area contributed by atoms with E-state index in [0.29, 0.717) is 23.0 Å². The third-order valence-electron chi connectivity index (χ3n) is 4.03. The number of amides is 2. The molecule has 0 spiro atoms. The maximum Gasteiger partial charge on any atom is 0.323 e. The summed E-state index contributed by atoms with van der Waals surface area (Å²) in [5, 5.41) is 16.5. The van der Waals surface area contributed by atoms with Gasteiger partial charge in [0.1, 0.15) is 11.4 Å². The quantitative estimate of drug-likeness (QED) is 0.678. The molecular weight excluding hydrogens is 306 g/mol. The van der Waals surface area contributed by atoms with Crippen LogP contribution in [0.25, 0.3) is 11.3 Å². The highest BCUT2D eigenvalue weighted by Gasteiger charge is 2.32. The molecule has 122 valence electrons. The Balaban J connectivity index is 1.44. The number of hydrogen-bond donors (Lipinski definition) is 3. The topological polar surface area (TPSA) is 95.8 Å². The summed E-state index contributed by atoms with van der Waals surface area (Å²) in [5.74, 6) is 1.16. The van der Waals surface area contributed by atoms with Crippen LogP contribution in [-0.4, -0.2) is 21.4 Å². The summed E-state index contributed by atoms with van der Waals surface area (Å²) in [6, 6.07) is 9.11. The van der Waals surface area contributed by atoms with Crippen LogP contribution in [-0.2, 0) is 0 Å². The lowest BCUT2D eigenvalue weighted by molar-refractivity contribution is 0.262. The highest BCUT2D eigenvalue weighted by atomic mass is 16.5. The zero-order chi connectivity index (χ0) is 16.5. The van der Waals surface area contributed by atoms with Crippen molar-refractivity contribution in [3.05, 3.63) is 48.0 Å². The van der Waals surface area contributed by atoms with Gasteiger partial charge in [-0.15, -0.1) is 0 Å². The highest BCUT2D eigenvalue weighted by molar-refractivity contribution is 6.00. The summed E-state index contributed by atoms with van der Waals surface area (Å²) in [6.07, 6.45) is 3.87. The van der Waals surface area contributed by atoms with Crippen LogP contribution in [0.15, 0.2) is 41.1 Å². The molecule has 0 radical (unpaired) electrons. The molecule has 0 bridgehead atoms. The molecule has 0 atom stereocenters. The average Bonchev–Trinajstić information content (AvgIpc) is 3.14. The molecule has 4 rings (SSSR count). The zero-order valence-electron chi connectivity index (χ0n) is 13.2. The number of hydrogen-bond acceptors (Lipinski definition) is 4. The van der Waals surface area contributed by atoms with Crippen LogP contribution in [0.2, 0.25) is 0 Å². The van der Waals surface area contributed by atoms with Crippen LogP contribution in [0, 0.1) is 6.92 Å². The number of aromatic nitrogens is 3. The van der Waals surface area contributed by atoms with E-state index < -0.39 is 0 Å². The minimum Gasteiger partial charge on any atom is -0.359 e. The number of benzene rings is 1. The number of anilines is 2. The van der Waals surface area contributed by atoms with Crippen LogP contribution in [0.5, 0.6) is 0 Å². The molecule has 3 N–H and O–H groups in total. The standard InChI is InChI=1S/C17H17N5O2/c1-10-15(16(24-22-10)12-2-3-12)20-17(23)19-13-6-4-11(5-7-13)14-8-9-18-21-14/h4-9,12H,2-3H2,1H3,(H,18,21)(H2,19,20,23). The maximum atomic E-state index is 12.2. The van der Waals surface area contributed by atoms with Crippen molar-refractivity contribution in [3.8, 4) is 11.3 Å². The number of carbonyl (C=O) groups is 1. The van der Waals surface area contributed by atoms with E-state index in [9.17, 15) is 4.79 Å². The lowest BCUT2D eigenvalue weighted by Crippen LogP contribution is -2.20. The fourth-order valence-electron chi connectivity index (χ4n) is 2.59. The molecule has 24 heavy (non-hydrogen) atoms. The Morgan fingerprint density at radius 2 is 2.00 bits per heavy atom. The Morgan fingerprint density at radius 3 is 2.67 bits per heavy atom. The van der Waals surface area contributed by atoms with Gasteiger partial charge in [-0.05, 0) is 43.5 Å². The van der Waals surface area contributed by atoms with Gasteiger partial charge in [0.05, 0.1) is 5.69 Å². The van der Waals surface area contributed by atoms with Crippen molar-refractivity contribution in [1.82, 2.24) is 15.4 Å². The Bertz CT molecular complexity index is 848. The van der Waals surface area contributed by atoms with Gasteiger partial charge in [0.2, 0.25) is 0 Å². The summed E-state index contributed by atoms with van der Waals surface area (Å²) in [6.45, 7) is 1.82. The Morgan fingerprint density at radius 1 is 1.21 bits per heavy atom. The fraction of sp³-hybridized carbons (Fsp3) is 0.235. The molecule has 1 fully saturated rings. The van der Waals surface area contributed by atoms with E-state index in [1.165, 1.54) is 0 Å². The van der Waals surface area contributed by atoms with Crippen LogP contribution in [0.1, 0.15) is 30.2 Å². The van der Waals surface area contributed by atoms with E-state index in [2.05, 4.69) is 26.0 Å².